The van der Waals surface area contributed by atoms with Crippen LogP contribution in [0, 0.1) is 6.92 Å². The first-order chi connectivity index (χ1) is 7.20. The van der Waals surface area contributed by atoms with Crippen molar-refractivity contribution in [2.24, 2.45) is 0 Å². The van der Waals surface area contributed by atoms with Crippen LogP contribution < -0.4 is 10.2 Å². The molecule has 8 heteroatoms. The van der Waals surface area contributed by atoms with Gasteiger partial charge in [0, 0.05) is 11.8 Å². The van der Waals surface area contributed by atoms with Gasteiger partial charge >= 0.3 is 6.36 Å². The van der Waals surface area contributed by atoms with Crippen molar-refractivity contribution in [2.75, 3.05) is 0 Å². The Morgan fingerprint density at radius 1 is 1.50 bits per heavy atom. The Labute approximate surface area is 92.0 Å². The molecule has 1 aromatic rings. The van der Waals surface area contributed by atoms with Crippen LogP contribution in [0.4, 0.5) is 13.2 Å². The van der Waals surface area contributed by atoms with Crippen LogP contribution in [0.15, 0.2) is 10.9 Å². The fourth-order valence-electron chi connectivity index (χ4n) is 1.08. The highest BCUT2D eigenvalue weighted by Gasteiger charge is 2.32. The van der Waals surface area contributed by atoms with Crippen molar-refractivity contribution < 1.29 is 22.7 Å². The van der Waals surface area contributed by atoms with Crippen LogP contribution in [0.5, 0.6) is 5.88 Å². The zero-order chi connectivity index (χ0) is 12.5. The van der Waals surface area contributed by atoms with Gasteiger partial charge in [-0.2, -0.15) is 0 Å². The Morgan fingerprint density at radius 2 is 2.06 bits per heavy atom. The lowest BCUT2D eigenvalue weighted by molar-refractivity contribution is -0.276. The third-order valence-electron chi connectivity index (χ3n) is 1.62. The summed E-state index contributed by atoms with van der Waals surface area (Å²) in [5, 5.41) is -1.04. The molecule has 0 unspecified atom stereocenters. The number of carbonyl (C=O) groups excluding carboxylic acids is 1. The van der Waals surface area contributed by atoms with E-state index in [1.165, 1.54) is 6.92 Å². The molecule has 0 atom stereocenters. The van der Waals surface area contributed by atoms with Gasteiger partial charge < -0.3 is 9.72 Å². The van der Waals surface area contributed by atoms with E-state index in [0.717, 1.165) is 0 Å². The zero-order valence-corrected chi connectivity index (χ0v) is 8.57. The Hall–Kier alpha value is -1.50. The summed E-state index contributed by atoms with van der Waals surface area (Å²) in [6, 6.07) is 0.510. The fourth-order valence-corrected chi connectivity index (χ4v) is 1.32. The van der Waals surface area contributed by atoms with Crippen LogP contribution in [-0.2, 0) is 0 Å². The van der Waals surface area contributed by atoms with E-state index >= 15 is 0 Å². The van der Waals surface area contributed by atoms with E-state index < -0.39 is 28.5 Å². The van der Waals surface area contributed by atoms with Gasteiger partial charge in [0.05, 0.1) is 0 Å². The first-order valence-electron chi connectivity index (χ1n) is 3.90. The summed E-state index contributed by atoms with van der Waals surface area (Å²) in [4.78, 5) is 24.1. The Balaban J connectivity index is 3.21. The highest BCUT2D eigenvalue weighted by atomic mass is 35.5. The molecule has 0 saturated carbocycles. The number of pyridine rings is 1. The van der Waals surface area contributed by atoms with Crippen LogP contribution in [0.2, 0.25) is 0 Å². The Morgan fingerprint density at radius 3 is 2.44 bits per heavy atom. The van der Waals surface area contributed by atoms with Gasteiger partial charge in [-0.15, -0.1) is 13.2 Å². The maximum atomic E-state index is 11.8. The molecule has 16 heavy (non-hydrogen) atoms. The van der Waals surface area contributed by atoms with E-state index in [1.54, 1.807) is 0 Å². The molecule has 1 heterocycles. The largest absolute Gasteiger partial charge is 0.574 e. The van der Waals surface area contributed by atoms with Crippen LogP contribution in [0.1, 0.15) is 16.1 Å². The second kappa shape index (κ2) is 4.17. The summed E-state index contributed by atoms with van der Waals surface area (Å²) in [5.74, 6) is -0.795. The van der Waals surface area contributed by atoms with E-state index in [1.807, 2.05) is 0 Å². The van der Waals surface area contributed by atoms with Crippen molar-refractivity contribution in [2.45, 2.75) is 13.3 Å². The Bertz CT molecular complexity index is 480. The molecular weight excluding hydrogens is 251 g/mol. The molecule has 0 aliphatic rings. The normalized spacial score (nSPS) is 11.3. The lowest BCUT2D eigenvalue weighted by Crippen LogP contribution is -2.21. The number of aromatic amines is 1. The number of nitrogens with one attached hydrogen (secondary N) is 1. The number of aryl methyl sites for hydroxylation is 1. The second-order valence-corrected chi connectivity index (χ2v) is 3.16. The van der Waals surface area contributed by atoms with Crippen molar-refractivity contribution in [1.82, 2.24) is 4.98 Å². The molecule has 0 aromatic carbocycles. The monoisotopic (exact) mass is 255 g/mol. The van der Waals surface area contributed by atoms with Gasteiger partial charge in [0.1, 0.15) is 5.56 Å². The van der Waals surface area contributed by atoms with E-state index in [4.69, 9.17) is 11.6 Å². The number of H-pyrrole nitrogens is 1. The minimum Gasteiger partial charge on any atom is -0.390 e. The van der Waals surface area contributed by atoms with Gasteiger partial charge in [0.2, 0.25) is 5.88 Å². The standard InChI is InChI=1S/C8H5ClF3NO3/c1-3-6(7(9)15)4(14)2-5(13-3)16-8(10,11)12/h2H,1H3,(H,13,14). The zero-order valence-electron chi connectivity index (χ0n) is 7.81. The molecule has 0 radical (unpaired) electrons. The van der Waals surface area contributed by atoms with Gasteiger partial charge in [-0.3, -0.25) is 9.59 Å². The topological polar surface area (TPSA) is 59.2 Å². The van der Waals surface area contributed by atoms with Crippen LogP contribution in [-0.4, -0.2) is 16.6 Å². The number of alkyl halides is 3. The minimum atomic E-state index is -4.91. The number of aromatic nitrogens is 1. The highest BCUT2D eigenvalue weighted by molar-refractivity contribution is 6.67. The number of carbonyl (C=O) groups is 1. The highest BCUT2D eigenvalue weighted by Crippen LogP contribution is 2.20. The fraction of sp³-hybridized carbons (Fsp3) is 0.250. The third kappa shape index (κ3) is 2.99. The van der Waals surface area contributed by atoms with Gasteiger partial charge in [-0.1, -0.05) is 0 Å². The molecule has 0 spiro atoms. The summed E-state index contributed by atoms with van der Waals surface area (Å²) in [5.41, 5.74) is -1.43. The first-order valence-corrected chi connectivity index (χ1v) is 4.28. The van der Waals surface area contributed by atoms with Crippen molar-refractivity contribution in [3.63, 3.8) is 0 Å². The van der Waals surface area contributed by atoms with Crippen molar-refractivity contribution in [3.8, 4) is 5.88 Å². The number of rotatable bonds is 2. The van der Waals surface area contributed by atoms with Gasteiger partial charge in [-0.25, -0.2) is 0 Å². The maximum Gasteiger partial charge on any atom is 0.574 e. The van der Waals surface area contributed by atoms with Gasteiger partial charge in [-0.05, 0) is 18.5 Å². The molecule has 1 N–H and O–H groups in total. The number of hydrogen-bond donors (Lipinski definition) is 1. The molecule has 0 bridgehead atoms. The minimum absolute atomic E-state index is 0.0910. The molecular formula is C8H5ClF3NO3. The van der Waals surface area contributed by atoms with Gasteiger partial charge in [0.25, 0.3) is 5.24 Å². The average molecular weight is 256 g/mol. The number of hydrogen-bond acceptors (Lipinski definition) is 3. The molecule has 0 saturated heterocycles. The number of halogens is 4. The molecule has 0 aliphatic heterocycles. The predicted octanol–water partition coefficient (Wildman–Crippen LogP) is 1.96. The molecule has 1 rings (SSSR count). The van der Waals surface area contributed by atoms with E-state index in [2.05, 4.69) is 9.72 Å². The first kappa shape index (κ1) is 12.6. The van der Waals surface area contributed by atoms with Crippen molar-refractivity contribution in [1.29, 1.82) is 0 Å². The summed E-state index contributed by atoms with van der Waals surface area (Å²) in [6.45, 7) is 1.24. The summed E-state index contributed by atoms with van der Waals surface area (Å²) < 4.78 is 39.0. The summed E-state index contributed by atoms with van der Waals surface area (Å²) in [7, 11) is 0. The lowest BCUT2D eigenvalue weighted by Gasteiger charge is -2.09. The molecule has 1 aromatic heterocycles. The molecule has 0 amide bonds. The van der Waals surface area contributed by atoms with Crippen molar-refractivity contribution >= 4 is 16.8 Å². The van der Waals surface area contributed by atoms with E-state index in [9.17, 15) is 22.8 Å². The van der Waals surface area contributed by atoms with E-state index in [0.29, 0.717) is 6.07 Å². The van der Waals surface area contributed by atoms with Crippen LogP contribution in [0.3, 0.4) is 0 Å². The lowest BCUT2D eigenvalue weighted by atomic mass is 10.2. The second-order valence-electron chi connectivity index (χ2n) is 2.82. The predicted molar refractivity (Wildman–Crippen MR) is 48.7 cm³/mol. The number of ether oxygens (including phenoxy) is 1. The Kier molecular flexibility index (Phi) is 3.27. The third-order valence-corrected chi connectivity index (χ3v) is 1.81. The van der Waals surface area contributed by atoms with Crippen LogP contribution >= 0.6 is 11.6 Å². The molecule has 0 aliphatic carbocycles. The SMILES string of the molecule is Cc1[nH]c(OC(F)(F)F)cc(=O)c1C(=O)Cl. The maximum absolute atomic E-state index is 11.8. The van der Waals surface area contributed by atoms with E-state index in [-0.39, 0.29) is 5.69 Å². The van der Waals surface area contributed by atoms with Crippen molar-refractivity contribution in [3.05, 3.63) is 27.5 Å². The smallest absolute Gasteiger partial charge is 0.390 e. The quantitative estimate of drug-likeness (QED) is 0.822. The molecule has 88 valence electrons. The summed E-state index contributed by atoms with van der Waals surface area (Å²) in [6.07, 6.45) is -4.91. The summed E-state index contributed by atoms with van der Waals surface area (Å²) >= 11 is 5.08. The van der Waals surface area contributed by atoms with Gasteiger partial charge in [0.15, 0.2) is 5.43 Å². The average Bonchev–Trinajstić information content (AvgIpc) is 1.96. The van der Waals surface area contributed by atoms with Crippen LogP contribution in [0.25, 0.3) is 0 Å². The molecule has 0 fully saturated rings. The molecule has 4 nitrogen and oxygen atoms in total.